The van der Waals surface area contributed by atoms with Crippen LogP contribution in [0, 0.1) is 0 Å². The van der Waals surface area contributed by atoms with Gasteiger partial charge in [-0.05, 0) is 19.3 Å². The first-order valence-corrected chi connectivity index (χ1v) is 22.5. The van der Waals surface area contributed by atoms with E-state index in [1.165, 1.54) is 167 Å². The third kappa shape index (κ3) is 36.4. The highest BCUT2D eigenvalue weighted by Gasteiger charge is 2.24. The summed E-state index contributed by atoms with van der Waals surface area (Å²) in [6.45, 7) is 4.53. The van der Waals surface area contributed by atoms with E-state index in [-0.39, 0.29) is 5.91 Å². The van der Waals surface area contributed by atoms with Gasteiger partial charge < -0.3 is 10.4 Å². The second-order valence-corrected chi connectivity index (χ2v) is 16.1. The molecule has 286 valence electrons. The Morgan fingerprint density at radius 2 is 0.854 bits per heavy atom. The number of amides is 1. The van der Waals surface area contributed by atoms with Crippen molar-refractivity contribution in [3.05, 3.63) is 12.2 Å². The lowest BCUT2D eigenvalue weighted by molar-refractivity contribution is -0.122. The summed E-state index contributed by atoms with van der Waals surface area (Å²) in [5, 5.41) is 13.2. The number of carbonyl (C=O) groups excluding carboxylic acids is 1. The molecule has 0 fully saturated rings. The Morgan fingerprint density at radius 1 is 0.542 bits per heavy atom. The maximum atomic E-state index is 12.5. The maximum absolute atomic E-state index is 12.5. The van der Waals surface area contributed by atoms with Crippen LogP contribution in [-0.4, -0.2) is 41.9 Å². The van der Waals surface area contributed by atoms with Crippen molar-refractivity contribution in [3.8, 4) is 0 Å². The van der Waals surface area contributed by atoms with E-state index in [2.05, 4.69) is 19.2 Å². The van der Waals surface area contributed by atoms with Crippen LogP contribution in [0.3, 0.4) is 0 Å². The number of hydrogen-bond donors (Lipinski definition) is 3. The van der Waals surface area contributed by atoms with Crippen LogP contribution >= 0.6 is 0 Å². The van der Waals surface area contributed by atoms with Gasteiger partial charge in [0.25, 0.3) is 10.1 Å². The highest BCUT2D eigenvalue weighted by Crippen LogP contribution is 2.16. The fourth-order valence-corrected chi connectivity index (χ4v) is 7.30. The van der Waals surface area contributed by atoms with E-state index in [1.54, 1.807) is 6.08 Å². The molecule has 0 aliphatic heterocycles. The molecule has 7 heteroatoms. The first kappa shape index (κ1) is 47.1. The number of nitrogens with one attached hydrogen (secondary N) is 1. The summed E-state index contributed by atoms with van der Waals surface area (Å²) in [5.41, 5.74) is 0. The van der Waals surface area contributed by atoms with Crippen molar-refractivity contribution in [1.82, 2.24) is 5.32 Å². The molecule has 1 amide bonds. The molecule has 0 spiro atoms. The molecular weight excluding hydrogens is 619 g/mol. The fraction of sp³-hybridized carbons (Fsp3) is 0.927. The summed E-state index contributed by atoms with van der Waals surface area (Å²) in [7, 11) is -4.34. The molecule has 48 heavy (non-hydrogen) atoms. The van der Waals surface area contributed by atoms with E-state index >= 15 is 0 Å². The van der Waals surface area contributed by atoms with Crippen LogP contribution in [0.4, 0.5) is 0 Å². The summed E-state index contributed by atoms with van der Waals surface area (Å²) in [6.07, 6.45) is 43.4. The third-order valence-electron chi connectivity index (χ3n) is 9.71. The summed E-state index contributed by atoms with van der Waals surface area (Å²) in [4.78, 5) is 12.5. The molecule has 6 nitrogen and oxygen atoms in total. The van der Waals surface area contributed by atoms with E-state index < -0.39 is 28.0 Å². The second kappa shape index (κ2) is 35.9. The van der Waals surface area contributed by atoms with E-state index in [9.17, 15) is 22.9 Å². The standard InChI is InChI=1S/C41H81NO5S/c1-3-5-7-9-11-13-15-17-19-21-22-24-26-28-30-32-34-36-40(43)39(38-48(45,46)47)42-41(44)37-35-33-31-29-27-25-23-20-18-16-14-12-10-8-6-4-2/h34,36,39-40,43H,3-33,35,37-38H2,1-2H3,(H,42,44)(H,45,46,47)/b36-34+. The largest absolute Gasteiger partial charge is 0.387 e. The molecule has 0 heterocycles. The molecule has 3 N–H and O–H groups in total. The van der Waals surface area contributed by atoms with Crippen molar-refractivity contribution in [2.75, 3.05) is 5.75 Å². The lowest BCUT2D eigenvalue weighted by Crippen LogP contribution is -2.46. The normalized spacial score (nSPS) is 13.3. The van der Waals surface area contributed by atoms with Crippen molar-refractivity contribution in [3.63, 3.8) is 0 Å². The molecule has 2 atom stereocenters. The Balaban J connectivity index is 3.88. The number of hydrogen-bond acceptors (Lipinski definition) is 4. The minimum atomic E-state index is -4.34. The number of unbranched alkanes of at least 4 members (excludes halogenated alkanes) is 30. The van der Waals surface area contributed by atoms with Gasteiger partial charge in [0, 0.05) is 6.42 Å². The number of aliphatic hydroxyl groups is 1. The SMILES string of the molecule is CCCCCCCCCCCCCCCCC/C=C/C(O)C(CS(=O)(=O)O)NC(=O)CCCCCCCCCCCCCCCCCC. The zero-order valence-corrected chi connectivity index (χ0v) is 32.7. The average Bonchev–Trinajstić information content (AvgIpc) is 3.05. The molecular formula is C41H81NO5S. The molecule has 2 unspecified atom stereocenters. The van der Waals surface area contributed by atoms with E-state index in [0.717, 1.165) is 38.5 Å². The number of allylic oxidation sites excluding steroid dienone is 1. The van der Waals surface area contributed by atoms with Crippen LogP contribution in [0.15, 0.2) is 12.2 Å². The van der Waals surface area contributed by atoms with Crippen molar-refractivity contribution in [2.45, 2.75) is 238 Å². The monoisotopic (exact) mass is 700 g/mol. The topological polar surface area (TPSA) is 104 Å². The van der Waals surface area contributed by atoms with Gasteiger partial charge in [0.2, 0.25) is 5.91 Å². The predicted octanol–water partition coefficient (Wildman–Crippen LogP) is 12.2. The summed E-state index contributed by atoms with van der Waals surface area (Å²) in [5.74, 6) is -0.966. The van der Waals surface area contributed by atoms with Crippen molar-refractivity contribution in [2.24, 2.45) is 0 Å². The molecule has 0 aliphatic carbocycles. The first-order chi connectivity index (χ1) is 23.3. The molecule has 0 saturated carbocycles. The van der Waals surface area contributed by atoms with Gasteiger partial charge >= 0.3 is 0 Å². The van der Waals surface area contributed by atoms with Gasteiger partial charge in [0.05, 0.1) is 17.9 Å². The minimum Gasteiger partial charge on any atom is -0.387 e. The van der Waals surface area contributed by atoms with Crippen molar-refractivity contribution in [1.29, 1.82) is 0 Å². The Morgan fingerprint density at radius 3 is 1.19 bits per heavy atom. The minimum absolute atomic E-state index is 0.274. The van der Waals surface area contributed by atoms with Crippen molar-refractivity contribution >= 4 is 16.0 Å². The van der Waals surface area contributed by atoms with Gasteiger partial charge in [-0.2, -0.15) is 8.42 Å². The fourth-order valence-electron chi connectivity index (χ4n) is 6.57. The van der Waals surface area contributed by atoms with Crippen LogP contribution in [0.1, 0.15) is 226 Å². The molecule has 0 saturated heterocycles. The van der Waals surface area contributed by atoms with Crippen LogP contribution in [0.5, 0.6) is 0 Å². The molecule has 0 aromatic carbocycles. The highest BCUT2D eigenvalue weighted by molar-refractivity contribution is 7.85. The molecule has 0 aliphatic rings. The smallest absolute Gasteiger partial charge is 0.267 e. The van der Waals surface area contributed by atoms with E-state index in [0.29, 0.717) is 6.42 Å². The Bertz CT molecular complexity index is 816. The quantitative estimate of drug-likeness (QED) is 0.0338. The van der Waals surface area contributed by atoms with Crippen molar-refractivity contribution < 1.29 is 22.9 Å². The average molecular weight is 700 g/mol. The van der Waals surface area contributed by atoms with Crippen LogP contribution in [0.2, 0.25) is 0 Å². The molecule has 0 bridgehead atoms. The van der Waals surface area contributed by atoms with Gasteiger partial charge in [-0.3, -0.25) is 9.35 Å². The summed E-state index contributed by atoms with van der Waals surface area (Å²) >= 11 is 0. The molecule has 0 aromatic heterocycles. The van der Waals surface area contributed by atoms with Crippen LogP contribution < -0.4 is 5.32 Å². The Hall–Kier alpha value is -0.920. The first-order valence-electron chi connectivity index (χ1n) is 20.9. The summed E-state index contributed by atoms with van der Waals surface area (Å²) < 4.78 is 32.5. The van der Waals surface area contributed by atoms with Crippen LogP contribution in [-0.2, 0) is 14.9 Å². The number of rotatable bonds is 38. The maximum Gasteiger partial charge on any atom is 0.267 e. The molecule has 0 radical (unpaired) electrons. The Kier molecular flexibility index (Phi) is 35.2. The second-order valence-electron chi connectivity index (χ2n) is 14.6. The van der Waals surface area contributed by atoms with Gasteiger partial charge in [0.15, 0.2) is 0 Å². The predicted molar refractivity (Wildman–Crippen MR) is 207 cm³/mol. The van der Waals surface area contributed by atoms with Gasteiger partial charge in [-0.15, -0.1) is 0 Å². The third-order valence-corrected chi connectivity index (χ3v) is 10.5. The van der Waals surface area contributed by atoms with E-state index in [1.807, 2.05) is 6.08 Å². The Labute approximate surface area is 299 Å². The molecule has 0 rings (SSSR count). The zero-order valence-electron chi connectivity index (χ0n) is 31.9. The lowest BCUT2D eigenvalue weighted by atomic mass is 10.0. The van der Waals surface area contributed by atoms with E-state index in [4.69, 9.17) is 0 Å². The highest BCUT2D eigenvalue weighted by atomic mass is 32.2. The van der Waals surface area contributed by atoms with Gasteiger partial charge in [-0.1, -0.05) is 212 Å². The summed E-state index contributed by atoms with van der Waals surface area (Å²) in [6, 6.07) is -1.05. The van der Waals surface area contributed by atoms with Gasteiger partial charge in [-0.25, -0.2) is 0 Å². The lowest BCUT2D eigenvalue weighted by Gasteiger charge is -2.21. The van der Waals surface area contributed by atoms with Gasteiger partial charge in [0.1, 0.15) is 0 Å². The number of aliphatic hydroxyl groups excluding tert-OH is 1. The molecule has 0 aromatic rings. The number of carbonyl (C=O) groups is 1. The van der Waals surface area contributed by atoms with Crippen LogP contribution in [0.25, 0.3) is 0 Å². The zero-order chi connectivity index (χ0) is 35.4.